The topological polar surface area (TPSA) is 116 Å². The maximum absolute atomic E-state index is 12.0. The number of esters is 1. The van der Waals surface area contributed by atoms with E-state index in [-0.39, 0.29) is 18.5 Å². The van der Waals surface area contributed by atoms with Gasteiger partial charge in [-0.05, 0) is 50.7 Å². The average molecular weight is 378 g/mol. The van der Waals surface area contributed by atoms with Gasteiger partial charge < -0.3 is 29.9 Å². The van der Waals surface area contributed by atoms with Gasteiger partial charge in [0.25, 0.3) is 0 Å². The molecule has 2 aliphatic heterocycles. The van der Waals surface area contributed by atoms with Gasteiger partial charge in [0.1, 0.15) is 23.9 Å². The Bertz CT molecular complexity index is 810. The lowest BCUT2D eigenvalue weighted by molar-refractivity contribution is -0.268. The first-order chi connectivity index (χ1) is 12.4. The molecule has 4 N–H and O–H groups in total. The van der Waals surface area contributed by atoms with Gasteiger partial charge in [-0.1, -0.05) is 13.0 Å². The zero-order valence-corrected chi connectivity index (χ0v) is 15.7. The molecular formula is C20H26O7. The molecule has 2 bridgehead atoms. The molecule has 148 valence electrons. The van der Waals surface area contributed by atoms with Crippen molar-refractivity contribution >= 4 is 5.97 Å². The average Bonchev–Trinajstić information content (AvgIpc) is 3.03. The number of hydrogen-bond donors (Lipinski definition) is 4. The van der Waals surface area contributed by atoms with Crippen molar-refractivity contribution in [3.63, 3.8) is 0 Å². The zero-order chi connectivity index (χ0) is 19.6. The molecule has 1 saturated heterocycles. The van der Waals surface area contributed by atoms with Crippen LogP contribution >= 0.6 is 0 Å². The van der Waals surface area contributed by atoms with Crippen molar-refractivity contribution in [2.75, 3.05) is 6.61 Å². The SMILES string of the molecule is CC(C)(O)[C@@]12C=C[C@]3(O)[C@@](O)([C@H](C[C@H]4C5=C(CC[C@@]43C)C(=O)OC5)O1)[C@@H]2O. The van der Waals surface area contributed by atoms with Crippen LogP contribution < -0.4 is 0 Å². The summed E-state index contributed by atoms with van der Waals surface area (Å²) in [5.41, 5.74) is -5.97. The van der Waals surface area contributed by atoms with Crippen molar-refractivity contribution < 1.29 is 34.7 Å². The molecule has 7 heteroatoms. The Labute approximate surface area is 157 Å². The van der Waals surface area contributed by atoms with E-state index in [2.05, 4.69) is 0 Å². The van der Waals surface area contributed by atoms with E-state index in [4.69, 9.17) is 9.47 Å². The smallest absolute Gasteiger partial charge is 0.334 e. The van der Waals surface area contributed by atoms with Crippen molar-refractivity contribution in [2.24, 2.45) is 11.3 Å². The Morgan fingerprint density at radius 3 is 2.63 bits per heavy atom. The lowest BCUT2D eigenvalue weighted by Crippen LogP contribution is -2.78. The molecule has 7 nitrogen and oxygen atoms in total. The van der Waals surface area contributed by atoms with Crippen LogP contribution in [-0.2, 0) is 14.3 Å². The molecule has 0 radical (unpaired) electrons. The van der Waals surface area contributed by atoms with Gasteiger partial charge >= 0.3 is 5.97 Å². The summed E-state index contributed by atoms with van der Waals surface area (Å²) in [7, 11) is 0. The van der Waals surface area contributed by atoms with Gasteiger partial charge in [-0.3, -0.25) is 0 Å². The van der Waals surface area contributed by atoms with Crippen molar-refractivity contribution in [1.29, 1.82) is 0 Å². The van der Waals surface area contributed by atoms with Crippen LogP contribution in [0.2, 0.25) is 0 Å². The van der Waals surface area contributed by atoms with E-state index < -0.39 is 40.0 Å². The fraction of sp³-hybridized carbons (Fsp3) is 0.750. The van der Waals surface area contributed by atoms with Gasteiger partial charge in [0.2, 0.25) is 0 Å². The molecule has 2 fully saturated rings. The van der Waals surface area contributed by atoms with E-state index >= 15 is 0 Å². The Morgan fingerprint density at radius 2 is 1.96 bits per heavy atom. The van der Waals surface area contributed by atoms with E-state index in [0.29, 0.717) is 24.8 Å². The van der Waals surface area contributed by atoms with Crippen LogP contribution in [0, 0.1) is 11.3 Å². The molecule has 0 aromatic carbocycles. The van der Waals surface area contributed by atoms with Crippen LogP contribution in [0.3, 0.4) is 0 Å². The summed E-state index contributed by atoms with van der Waals surface area (Å²) in [5.74, 6) is -0.532. The van der Waals surface area contributed by atoms with Gasteiger partial charge in [0, 0.05) is 11.0 Å². The molecule has 5 rings (SSSR count). The van der Waals surface area contributed by atoms with Gasteiger partial charge in [0.05, 0.1) is 11.7 Å². The lowest BCUT2D eigenvalue weighted by Gasteiger charge is -2.63. The maximum Gasteiger partial charge on any atom is 0.334 e. The van der Waals surface area contributed by atoms with E-state index in [0.717, 1.165) is 5.57 Å². The minimum atomic E-state index is -1.95. The van der Waals surface area contributed by atoms with Gasteiger partial charge in [-0.25, -0.2) is 4.79 Å². The second kappa shape index (κ2) is 4.66. The normalized spacial score (nSPS) is 53.3. The molecule has 0 aromatic heterocycles. The second-order valence-electron chi connectivity index (χ2n) is 9.57. The lowest BCUT2D eigenvalue weighted by atomic mass is 9.44. The fourth-order valence-corrected chi connectivity index (χ4v) is 6.45. The summed E-state index contributed by atoms with van der Waals surface area (Å²) >= 11 is 0. The van der Waals surface area contributed by atoms with Gasteiger partial charge in [-0.15, -0.1) is 0 Å². The quantitative estimate of drug-likeness (QED) is 0.374. The molecule has 1 saturated carbocycles. The van der Waals surface area contributed by atoms with Crippen LogP contribution in [-0.4, -0.2) is 67.6 Å². The number of aliphatic hydroxyl groups is 4. The first kappa shape index (κ1) is 17.8. The zero-order valence-electron chi connectivity index (χ0n) is 15.7. The summed E-state index contributed by atoms with van der Waals surface area (Å²) in [6.07, 6.45) is 1.92. The molecule has 27 heavy (non-hydrogen) atoms. The third-order valence-corrected chi connectivity index (χ3v) is 8.19. The summed E-state index contributed by atoms with van der Waals surface area (Å²) in [6, 6.07) is 0. The van der Waals surface area contributed by atoms with Crippen LogP contribution in [0.15, 0.2) is 23.3 Å². The van der Waals surface area contributed by atoms with E-state index in [1.54, 1.807) is 0 Å². The Balaban J connectivity index is 1.72. The van der Waals surface area contributed by atoms with Crippen LogP contribution in [0.1, 0.15) is 40.0 Å². The highest BCUT2D eigenvalue weighted by molar-refractivity contribution is 5.92. The highest BCUT2D eigenvalue weighted by atomic mass is 16.6. The summed E-state index contributed by atoms with van der Waals surface area (Å²) < 4.78 is 11.3. The molecule has 0 amide bonds. The summed E-state index contributed by atoms with van der Waals surface area (Å²) in [6.45, 7) is 5.12. The minimum absolute atomic E-state index is 0.193. The molecule has 0 aromatic rings. The molecule has 0 unspecified atom stereocenters. The Hall–Kier alpha value is -1.25. The monoisotopic (exact) mass is 378 g/mol. The standard InChI is InChI=1S/C20H26O7/c1-16(2,23)18-6-7-19(24)17(3)5-4-10-11(9-26-14(10)21)12(17)8-13(27-18)20(19,25)15(18)22/h6-7,12-13,15,22-25H,4-5,8-9H2,1-3H3/t12-,13-,15+,17-,18-,19+,20+/m0/s1. The highest BCUT2D eigenvalue weighted by Crippen LogP contribution is 2.68. The summed E-state index contributed by atoms with van der Waals surface area (Å²) in [4.78, 5) is 12.0. The molecule has 0 spiro atoms. The number of carbonyl (C=O) groups excluding carboxylic acids is 1. The molecule has 2 heterocycles. The van der Waals surface area contributed by atoms with Crippen molar-refractivity contribution in [2.45, 2.75) is 74.6 Å². The number of carbonyl (C=O) groups is 1. The third kappa shape index (κ3) is 1.63. The Kier molecular flexibility index (Phi) is 3.07. The van der Waals surface area contributed by atoms with E-state index in [1.165, 1.54) is 26.0 Å². The number of aliphatic hydroxyl groups excluding tert-OH is 1. The molecule has 3 aliphatic carbocycles. The largest absolute Gasteiger partial charge is 0.458 e. The van der Waals surface area contributed by atoms with Crippen molar-refractivity contribution in [3.05, 3.63) is 23.3 Å². The van der Waals surface area contributed by atoms with E-state index in [1.807, 2.05) is 6.92 Å². The first-order valence-corrected chi connectivity index (χ1v) is 9.55. The van der Waals surface area contributed by atoms with Crippen LogP contribution in [0.25, 0.3) is 0 Å². The van der Waals surface area contributed by atoms with Crippen molar-refractivity contribution in [1.82, 2.24) is 0 Å². The number of fused-ring (bicyclic) bond motifs is 4. The fourth-order valence-electron chi connectivity index (χ4n) is 6.45. The maximum atomic E-state index is 12.0. The first-order valence-electron chi connectivity index (χ1n) is 9.55. The number of rotatable bonds is 1. The van der Waals surface area contributed by atoms with Crippen LogP contribution in [0.5, 0.6) is 0 Å². The van der Waals surface area contributed by atoms with Gasteiger partial charge in [-0.2, -0.15) is 0 Å². The second-order valence-corrected chi connectivity index (χ2v) is 9.57. The molecule has 7 atom stereocenters. The minimum Gasteiger partial charge on any atom is -0.458 e. The molecule has 5 aliphatic rings. The molecular weight excluding hydrogens is 352 g/mol. The van der Waals surface area contributed by atoms with E-state index in [9.17, 15) is 25.2 Å². The number of hydrogen-bond acceptors (Lipinski definition) is 7. The Morgan fingerprint density at radius 1 is 1.26 bits per heavy atom. The van der Waals surface area contributed by atoms with Crippen LogP contribution in [0.4, 0.5) is 0 Å². The third-order valence-electron chi connectivity index (χ3n) is 8.19. The van der Waals surface area contributed by atoms with Crippen molar-refractivity contribution in [3.8, 4) is 0 Å². The number of ether oxygens (including phenoxy) is 2. The predicted molar refractivity (Wildman–Crippen MR) is 92.4 cm³/mol. The number of cyclic esters (lactones) is 1. The predicted octanol–water partition coefficient (Wildman–Crippen LogP) is -0.0388. The summed E-state index contributed by atoms with van der Waals surface area (Å²) in [5, 5.41) is 45.3. The highest BCUT2D eigenvalue weighted by Gasteiger charge is 2.81. The van der Waals surface area contributed by atoms with Gasteiger partial charge in [0.15, 0.2) is 5.60 Å².